The van der Waals surface area contributed by atoms with Crippen molar-refractivity contribution in [1.29, 1.82) is 0 Å². The van der Waals surface area contributed by atoms with E-state index in [9.17, 15) is 0 Å². The van der Waals surface area contributed by atoms with E-state index in [1.54, 1.807) is 6.07 Å². The monoisotopic (exact) mass is 185 g/mol. The summed E-state index contributed by atoms with van der Waals surface area (Å²) < 4.78 is 0. The lowest BCUT2D eigenvalue weighted by molar-refractivity contribution is 0.276. The van der Waals surface area contributed by atoms with E-state index >= 15 is 0 Å². The normalized spacial score (nSPS) is 12.9. The van der Waals surface area contributed by atoms with Crippen LogP contribution in [0.5, 0.6) is 0 Å². The minimum absolute atomic E-state index is 0.0897. The van der Waals surface area contributed by atoms with Gasteiger partial charge in [-0.3, -0.25) is 0 Å². The van der Waals surface area contributed by atoms with Crippen molar-refractivity contribution in [3.8, 4) is 0 Å². The fraction of sp³-hybridized carbons (Fsp3) is 0.333. The number of halogens is 1. The topological polar surface area (TPSA) is 46.2 Å². The molecule has 0 radical (unpaired) electrons. The lowest BCUT2D eigenvalue weighted by Gasteiger charge is -2.11. The molecule has 1 aromatic carbocycles. The molecule has 0 bridgehead atoms. The van der Waals surface area contributed by atoms with Gasteiger partial charge in [-0.25, -0.2) is 0 Å². The molecule has 12 heavy (non-hydrogen) atoms. The summed E-state index contributed by atoms with van der Waals surface area (Å²) in [6.07, 6.45) is 0.545. The van der Waals surface area contributed by atoms with E-state index in [0.29, 0.717) is 11.4 Å². The third-order valence-corrected chi connectivity index (χ3v) is 2.09. The van der Waals surface area contributed by atoms with Gasteiger partial charge in [0.2, 0.25) is 0 Å². The maximum absolute atomic E-state index is 8.67. The minimum Gasteiger partial charge on any atom is -0.396 e. The van der Waals surface area contributed by atoms with Crippen LogP contribution >= 0.6 is 11.6 Å². The van der Waals surface area contributed by atoms with Crippen LogP contribution in [0.1, 0.15) is 18.0 Å². The van der Waals surface area contributed by atoms with Gasteiger partial charge < -0.3 is 10.8 Å². The first-order chi connectivity index (χ1) is 5.75. The third kappa shape index (κ3) is 2.21. The van der Waals surface area contributed by atoms with Crippen LogP contribution in [0.2, 0.25) is 5.02 Å². The van der Waals surface area contributed by atoms with Gasteiger partial charge >= 0.3 is 0 Å². The second-order valence-corrected chi connectivity index (χ2v) is 3.05. The Morgan fingerprint density at radius 1 is 1.42 bits per heavy atom. The van der Waals surface area contributed by atoms with Gasteiger partial charge in [0.05, 0.1) is 0 Å². The summed E-state index contributed by atoms with van der Waals surface area (Å²) in [4.78, 5) is 0. The van der Waals surface area contributed by atoms with Crippen molar-refractivity contribution >= 4 is 11.6 Å². The zero-order valence-corrected chi connectivity index (χ0v) is 7.46. The molecule has 0 unspecified atom stereocenters. The lowest BCUT2D eigenvalue weighted by Crippen LogP contribution is -2.12. The number of rotatable bonds is 3. The quantitative estimate of drug-likeness (QED) is 0.754. The van der Waals surface area contributed by atoms with E-state index in [4.69, 9.17) is 22.4 Å². The molecule has 0 saturated carbocycles. The molecule has 0 amide bonds. The van der Waals surface area contributed by atoms with Crippen LogP contribution in [0.15, 0.2) is 24.3 Å². The second-order valence-electron chi connectivity index (χ2n) is 2.64. The van der Waals surface area contributed by atoms with Crippen LogP contribution < -0.4 is 5.73 Å². The smallest absolute Gasteiger partial charge is 0.0453 e. The molecule has 2 nitrogen and oxygen atoms in total. The molecule has 0 aliphatic rings. The zero-order chi connectivity index (χ0) is 8.97. The molecular formula is C9H12ClNO. The Morgan fingerprint density at radius 2 is 2.08 bits per heavy atom. The highest BCUT2D eigenvalue weighted by atomic mass is 35.5. The van der Waals surface area contributed by atoms with Crippen LogP contribution in [-0.4, -0.2) is 11.7 Å². The number of hydrogen-bond donors (Lipinski definition) is 2. The zero-order valence-electron chi connectivity index (χ0n) is 6.70. The van der Waals surface area contributed by atoms with Gasteiger partial charge in [0, 0.05) is 17.7 Å². The molecule has 0 aliphatic carbocycles. The highest BCUT2D eigenvalue weighted by Gasteiger charge is 2.07. The van der Waals surface area contributed by atoms with Crippen LogP contribution in [0.25, 0.3) is 0 Å². The Labute approximate surface area is 77.0 Å². The highest BCUT2D eigenvalue weighted by molar-refractivity contribution is 6.31. The van der Waals surface area contributed by atoms with E-state index in [0.717, 1.165) is 5.56 Å². The molecule has 0 heterocycles. The molecular weight excluding hydrogens is 174 g/mol. The number of benzene rings is 1. The Morgan fingerprint density at radius 3 is 2.67 bits per heavy atom. The fourth-order valence-electron chi connectivity index (χ4n) is 1.07. The number of nitrogens with two attached hydrogens (primary N) is 1. The Kier molecular flexibility index (Phi) is 3.53. The van der Waals surface area contributed by atoms with Crippen molar-refractivity contribution in [2.45, 2.75) is 12.5 Å². The molecule has 1 aromatic rings. The average molecular weight is 186 g/mol. The van der Waals surface area contributed by atoms with Crippen molar-refractivity contribution < 1.29 is 5.11 Å². The lowest BCUT2D eigenvalue weighted by atomic mass is 10.1. The predicted octanol–water partition coefficient (Wildman–Crippen LogP) is 1.72. The van der Waals surface area contributed by atoms with Crippen LogP contribution in [0.4, 0.5) is 0 Å². The van der Waals surface area contributed by atoms with Crippen LogP contribution in [0.3, 0.4) is 0 Å². The van der Waals surface area contributed by atoms with Gasteiger partial charge in [0.15, 0.2) is 0 Å². The maximum Gasteiger partial charge on any atom is 0.0453 e. The summed E-state index contributed by atoms with van der Waals surface area (Å²) in [5.41, 5.74) is 6.66. The van der Waals surface area contributed by atoms with Crippen molar-refractivity contribution in [3.63, 3.8) is 0 Å². The molecule has 0 fully saturated rings. The Bertz CT molecular complexity index is 252. The van der Waals surface area contributed by atoms with Gasteiger partial charge in [-0.15, -0.1) is 0 Å². The predicted molar refractivity (Wildman–Crippen MR) is 50.1 cm³/mol. The third-order valence-electron chi connectivity index (χ3n) is 1.74. The van der Waals surface area contributed by atoms with Crippen molar-refractivity contribution in [1.82, 2.24) is 0 Å². The first-order valence-corrected chi connectivity index (χ1v) is 4.24. The van der Waals surface area contributed by atoms with Gasteiger partial charge in [-0.1, -0.05) is 29.8 Å². The number of hydrogen-bond acceptors (Lipinski definition) is 2. The largest absolute Gasteiger partial charge is 0.396 e. The maximum atomic E-state index is 8.67. The summed E-state index contributed by atoms with van der Waals surface area (Å²) in [5, 5.41) is 9.33. The molecule has 1 atom stereocenters. The van der Waals surface area contributed by atoms with Crippen LogP contribution in [-0.2, 0) is 0 Å². The molecule has 1 rings (SSSR count). The van der Waals surface area contributed by atoms with Crippen molar-refractivity contribution in [3.05, 3.63) is 34.9 Å². The SMILES string of the molecule is N[C@@H](CCO)c1ccccc1Cl. The standard InChI is InChI=1S/C9H12ClNO/c10-8-4-2-1-3-7(8)9(11)5-6-12/h1-4,9,12H,5-6,11H2/t9-/m0/s1. The van der Waals surface area contributed by atoms with Gasteiger partial charge in [-0.2, -0.15) is 0 Å². The summed E-state index contributed by atoms with van der Waals surface area (Å²) in [6, 6.07) is 7.26. The van der Waals surface area contributed by atoms with E-state index in [1.807, 2.05) is 18.2 Å². The summed E-state index contributed by atoms with van der Waals surface area (Å²) in [5.74, 6) is 0. The van der Waals surface area contributed by atoms with E-state index in [-0.39, 0.29) is 12.6 Å². The minimum atomic E-state index is -0.163. The van der Waals surface area contributed by atoms with E-state index in [2.05, 4.69) is 0 Å². The first kappa shape index (κ1) is 9.52. The summed E-state index contributed by atoms with van der Waals surface area (Å²) in [6.45, 7) is 0.0897. The van der Waals surface area contributed by atoms with Gasteiger partial charge in [-0.05, 0) is 18.1 Å². The first-order valence-electron chi connectivity index (χ1n) is 3.86. The molecule has 0 saturated heterocycles. The van der Waals surface area contributed by atoms with E-state index in [1.165, 1.54) is 0 Å². The number of aliphatic hydroxyl groups excluding tert-OH is 1. The molecule has 0 aliphatic heterocycles. The fourth-order valence-corrected chi connectivity index (χ4v) is 1.35. The van der Waals surface area contributed by atoms with Crippen molar-refractivity contribution in [2.75, 3.05) is 6.61 Å². The molecule has 0 spiro atoms. The molecule has 66 valence electrons. The molecule has 0 aromatic heterocycles. The molecule has 3 heteroatoms. The summed E-state index contributed by atoms with van der Waals surface area (Å²) in [7, 11) is 0. The number of aliphatic hydroxyl groups is 1. The Balaban J connectivity index is 2.79. The van der Waals surface area contributed by atoms with Gasteiger partial charge in [0.1, 0.15) is 0 Å². The average Bonchev–Trinajstić information content (AvgIpc) is 2.05. The van der Waals surface area contributed by atoms with Crippen LogP contribution in [0, 0.1) is 0 Å². The highest BCUT2D eigenvalue weighted by Crippen LogP contribution is 2.22. The summed E-state index contributed by atoms with van der Waals surface area (Å²) >= 11 is 5.89. The second kappa shape index (κ2) is 4.45. The van der Waals surface area contributed by atoms with E-state index < -0.39 is 0 Å². The van der Waals surface area contributed by atoms with Gasteiger partial charge in [0.25, 0.3) is 0 Å². The molecule has 3 N–H and O–H groups in total. The Hall–Kier alpha value is -0.570. The van der Waals surface area contributed by atoms with Crippen molar-refractivity contribution in [2.24, 2.45) is 5.73 Å².